The molecule has 0 aliphatic heterocycles. The summed E-state index contributed by atoms with van der Waals surface area (Å²) in [6.07, 6.45) is 0.314. The van der Waals surface area contributed by atoms with E-state index in [-0.39, 0.29) is 11.7 Å². The summed E-state index contributed by atoms with van der Waals surface area (Å²) in [6.45, 7) is 3.69. The number of hydrazone groups is 1. The SMILES string of the molecule is C/C(=N\NC(=O)Cc1cccs1)c1cc(C)ccc1O. The first kappa shape index (κ1) is 14.3. The van der Waals surface area contributed by atoms with Gasteiger partial charge in [0.05, 0.1) is 12.1 Å². The highest BCUT2D eigenvalue weighted by molar-refractivity contribution is 7.10. The fourth-order valence-electron chi connectivity index (χ4n) is 1.76. The van der Waals surface area contributed by atoms with Crippen molar-refractivity contribution >= 4 is 23.0 Å². The van der Waals surface area contributed by atoms with Gasteiger partial charge in [0.25, 0.3) is 0 Å². The first-order chi connectivity index (χ1) is 9.56. The van der Waals surface area contributed by atoms with Gasteiger partial charge in [-0.3, -0.25) is 4.79 Å². The van der Waals surface area contributed by atoms with Crippen molar-refractivity contribution in [3.05, 3.63) is 51.7 Å². The van der Waals surface area contributed by atoms with Crippen molar-refractivity contribution in [3.8, 4) is 5.75 Å². The number of nitrogens with one attached hydrogen (secondary N) is 1. The van der Waals surface area contributed by atoms with Gasteiger partial charge in [0.15, 0.2) is 0 Å². The van der Waals surface area contributed by atoms with Crippen LogP contribution in [0.3, 0.4) is 0 Å². The van der Waals surface area contributed by atoms with Gasteiger partial charge in [-0.15, -0.1) is 11.3 Å². The third-order valence-corrected chi connectivity index (χ3v) is 3.68. The van der Waals surface area contributed by atoms with Gasteiger partial charge in [-0.25, -0.2) is 5.43 Å². The minimum Gasteiger partial charge on any atom is -0.507 e. The number of phenolic OH excluding ortho intramolecular Hbond substituents is 1. The lowest BCUT2D eigenvalue weighted by Crippen LogP contribution is -2.20. The number of carbonyl (C=O) groups excluding carboxylic acids is 1. The number of hydrogen-bond donors (Lipinski definition) is 2. The van der Waals surface area contributed by atoms with Gasteiger partial charge in [-0.1, -0.05) is 17.7 Å². The van der Waals surface area contributed by atoms with Crippen molar-refractivity contribution in [2.24, 2.45) is 5.10 Å². The Hall–Kier alpha value is -2.14. The number of amides is 1. The number of phenols is 1. The third-order valence-electron chi connectivity index (χ3n) is 2.81. The maximum atomic E-state index is 11.7. The van der Waals surface area contributed by atoms with Crippen LogP contribution in [-0.2, 0) is 11.2 Å². The van der Waals surface area contributed by atoms with Gasteiger partial charge in [-0.05, 0) is 37.4 Å². The second kappa shape index (κ2) is 6.34. The first-order valence-electron chi connectivity index (χ1n) is 6.22. The van der Waals surface area contributed by atoms with Crippen LogP contribution in [0.4, 0.5) is 0 Å². The highest BCUT2D eigenvalue weighted by Crippen LogP contribution is 2.18. The lowest BCUT2D eigenvalue weighted by Gasteiger charge is -2.06. The molecule has 0 bridgehead atoms. The molecule has 0 aliphatic carbocycles. The van der Waals surface area contributed by atoms with Crippen LogP contribution in [0, 0.1) is 6.92 Å². The van der Waals surface area contributed by atoms with Gasteiger partial charge >= 0.3 is 0 Å². The Balaban J connectivity index is 2.03. The zero-order chi connectivity index (χ0) is 14.5. The highest BCUT2D eigenvalue weighted by Gasteiger charge is 2.07. The standard InChI is InChI=1S/C15H16N2O2S/c1-10-5-6-14(18)13(8-10)11(2)16-17-15(19)9-12-4-3-7-20-12/h3-8,18H,9H2,1-2H3,(H,17,19)/b16-11+. The Morgan fingerprint density at radius 1 is 1.40 bits per heavy atom. The molecule has 0 saturated carbocycles. The lowest BCUT2D eigenvalue weighted by molar-refractivity contribution is -0.120. The highest BCUT2D eigenvalue weighted by atomic mass is 32.1. The van der Waals surface area contributed by atoms with Crippen molar-refractivity contribution in [2.75, 3.05) is 0 Å². The monoisotopic (exact) mass is 288 g/mol. The summed E-state index contributed by atoms with van der Waals surface area (Å²) in [7, 11) is 0. The van der Waals surface area contributed by atoms with E-state index in [1.807, 2.05) is 36.6 Å². The molecular weight excluding hydrogens is 272 g/mol. The average molecular weight is 288 g/mol. The van der Waals surface area contributed by atoms with E-state index in [0.717, 1.165) is 10.4 Å². The Morgan fingerprint density at radius 3 is 2.90 bits per heavy atom. The van der Waals surface area contributed by atoms with Crippen molar-refractivity contribution < 1.29 is 9.90 Å². The van der Waals surface area contributed by atoms with Gasteiger partial charge in [0, 0.05) is 10.4 Å². The second-order valence-corrected chi connectivity index (χ2v) is 5.54. The van der Waals surface area contributed by atoms with E-state index in [2.05, 4.69) is 10.5 Å². The van der Waals surface area contributed by atoms with Gasteiger partial charge in [-0.2, -0.15) is 5.10 Å². The molecule has 0 atom stereocenters. The number of nitrogens with zero attached hydrogens (tertiary/aromatic N) is 1. The van der Waals surface area contributed by atoms with E-state index in [1.165, 1.54) is 11.3 Å². The predicted molar refractivity (Wildman–Crippen MR) is 81.2 cm³/mol. The molecule has 0 unspecified atom stereocenters. The molecule has 1 heterocycles. The minimum absolute atomic E-state index is 0.157. The molecular formula is C15H16N2O2S. The summed E-state index contributed by atoms with van der Waals surface area (Å²) in [5.41, 5.74) is 4.74. The molecule has 2 N–H and O–H groups in total. The molecule has 0 aliphatic rings. The van der Waals surface area contributed by atoms with E-state index < -0.39 is 0 Å². The number of aryl methyl sites for hydroxylation is 1. The van der Waals surface area contributed by atoms with Crippen LogP contribution < -0.4 is 5.43 Å². The number of hydrogen-bond acceptors (Lipinski definition) is 4. The average Bonchev–Trinajstić information content (AvgIpc) is 2.91. The van der Waals surface area contributed by atoms with Gasteiger partial charge < -0.3 is 5.11 Å². The van der Waals surface area contributed by atoms with Crippen molar-refractivity contribution in [2.45, 2.75) is 20.3 Å². The zero-order valence-electron chi connectivity index (χ0n) is 11.4. The summed E-state index contributed by atoms with van der Waals surface area (Å²) in [5.74, 6) is -0.0108. The van der Waals surface area contributed by atoms with Crippen LogP contribution in [-0.4, -0.2) is 16.7 Å². The molecule has 4 nitrogen and oxygen atoms in total. The zero-order valence-corrected chi connectivity index (χ0v) is 12.2. The summed E-state index contributed by atoms with van der Waals surface area (Å²) < 4.78 is 0. The Morgan fingerprint density at radius 2 is 2.20 bits per heavy atom. The molecule has 0 fully saturated rings. The van der Waals surface area contributed by atoms with Gasteiger partial charge in [0.1, 0.15) is 5.75 Å². The maximum absolute atomic E-state index is 11.7. The van der Waals surface area contributed by atoms with E-state index in [0.29, 0.717) is 17.7 Å². The molecule has 0 saturated heterocycles. The molecule has 5 heteroatoms. The fraction of sp³-hybridized carbons (Fsp3) is 0.200. The van der Waals surface area contributed by atoms with E-state index in [1.54, 1.807) is 13.0 Å². The number of carbonyl (C=O) groups is 1. The largest absolute Gasteiger partial charge is 0.507 e. The van der Waals surface area contributed by atoms with Crippen molar-refractivity contribution in [1.29, 1.82) is 0 Å². The third kappa shape index (κ3) is 3.68. The normalized spacial score (nSPS) is 11.4. The van der Waals surface area contributed by atoms with Crippen LogP contribution >= 0.6 is 11.3 Å². The summed E-state index contributed by atoms with van der Waals surface area (Å²) in [6, 6.07) is 9.10. The Labute approximate surface area is 121 Å². The predicted octanol–water partition coefficient (Wildman–Crippen LogP) is 2.85. The molecule has 20 heavy (non-hydrogen) atoms. The molecule has 1 aromatic carbocycles. The van der Waals surface area contributed by atoms with E-state index >= 15 is 0 Å². The fourth-order valence-corrected chi connectivity index (χ4v) is 2.46. The van der Waals surface area contributed by atoms with Crippen LogP contribution in [0.2, 0.25) is 0 Å². The Kier molecular flexibility index (Phi) is 4.53. The van der Waals surface area contributed by atoms with Crippen molar-refractivity contribution in [1.82, 2.24) is 5.43 Å². The number of aromatic hydroxyl groups is 1. The van der Waals surface area contributed by atoms with Crippen LogP contribution in [0.1, 0.15) is 22.9 Å². The van der Waals surface area contributed by atoms with Crippen LogP contribution in [0.5, 0.6) is 5.75 Å². The topological polar surface area (TPSA) is 61.7 Å². The Bertz CT molecular complexity index is 633. The van der Waals surface area contributed by atoms with Crippen LogP contribution in [0.25, 0.3) is 0 Å². The molecule has 2 rings (SSSR count). The maximum Gasteiger partial charge on any atom is 0.245 e. The lowest BCUT2D eigenvalue weighted by atomic mass is 10.1. The molecule has 0 radical (unpaired) electrons. The molecule has 1 amide bonds. The number of rotatable bonds is 4. The number of benzene rings is 1. The van der Waals surface area contributed by atoms with E-state index in [4.69, 9.17) is 0 Å². The second-order valence-electron chi connectivity index (χ2n) is 4.51. The molecule has 104 valence electrons. The number of thiophene rings is 1. The van der Waals surface area contributed by atoms with Gasteiger partial charge in [0.2, 0.25) is 5.91 Å². The summed E-state index contributed by atoms with van der Waals surface area (Å²) in [4.78, 5) is 12.7. The summed E-state index contributed by atoms with van der Waals surface area (Å²) in [5, 5.41) is 15.8. The van der Waals surface area contributed by atoms with Crippen molar-refractivity contribution in [3.63, 3.8) is 0 Å². The molecule has 2 aromatic rings. The molecule has 0 spiro atoms. The quantitative estimate of drug-likeness (QED) is 0.671. The van der Waals surface area contributed by atoms with E-state index in [9.17, 15) is 9.90 Å². The first-order valence-corrected chi connectivity index (χ1v) is 7.09. The summed E-state index contributed by atoms with van der Waals surface area (Å²) >= 11 is 1.54. The molecule has 1 aromatic heterocycles. The van der Waals surface area contributed by atoms with Crippen LogP contribution in [0.15, 0.2) is 40.8 Å². The smallest absolute Gasteiger partial charge is 0.245 e. The minimum atomic E-state index is -0.168.